The third kappa shape index (κ3) is 2.26. The topological polar surface area (TPSA) is 42.2 Å². The van der Waals surface area contributed by atoms with Crippen molar-refractivity contribution >= 4 is 16.9 Å². The summed E-state index contributed by atoms with van der Waals surface area (Å²) < 4.78 is 2.23. The molecule has 2 aromatic rings. The van der Waals surface area contributed by atoms with Gasteiger partial charge in [0.15, 0.2) is 0 Å². The fourth-order valence-corrected chi connectivity index (χ4v) is 2.33. The predicted molar refractivity (Wildman–Crippen MR) is 73.1 cm³/mol. The lowest BCUT2D eigenvalue weighted by Gasteiger charge is -2.08. The Morgan fingerprint density at radius 3 is 2.67 bits per heavy atom. The number of aromatic carboxylic acids is 1. The Hall–Kier alpha value is -1.77. The number of carboxylic acid groups (broad SMARTS) is 1. The van der Waals surface area contributed by atoms with Gasteiger partial charge in [0.1, 0.15) is 0 Å². The van der Waals surface area contributed by atoms with Crippen molar-refractivity contribution in [1.29, 1.82) is 0 Å². The molecule has 3 nitrogen and oxygen atoms in total. The Labute approximate surface area is 107 Å². The lowest BCUT2D eigenvalue weighted by molar-refractivity contribution is 0.0697. The van der Waals surface area contributed by atoms with Gasteiger partial charge >= 0.3 is 5.97 Å². The van der Waals surface area contributed by atoms with Crippen molar-refractivity contribution in [2.45, 2.75) is 33.7 Å². The second-order valence-corrected chi connectivity index (χ2v) is 5.09. The highest BCUT2D eigenvalue weighted by molar-refractivity contribution is 5.95. The number of fused-ring (bicyclic) bond motifs is 1. The minimum absolute atomic E-state index is 0.361. The average molecular weight is 245 g/mol. The van der Waals surface area contributed by atoms with Gasteiger partial charge in [0.05, 0.1) is 5.56 Å². The normalized spacial score (nSPS) is 11.3. The van der Waals surface area contributed by atoms with Gasteiger partial charge in [-0.15, -0.1) is 0 Å². The number of aromatic nitrogens is 1. The van der Waals surface area contributed by atoms with Gasteiger partial charge in [0.2, 0.25) is 0 Å². The van der Waals surface area contributed by atoms with Gasteiger partial charge in [-0.2, -0.15) is 0 Å². The standard InChI is InChI=1S/C15H19NO2/c1-4-11-9-16(8-10(2)3)14-6-5-12(15(17)18)7-13(11)14/h5-7,9-10H,4,8H2,1-3H3,(H,17,18). The molecule has 1 aromatic heterocycles. The third-order valence-corrected chi connectivity index (χ3v) is 3.15. The number of carboxylic acids is 1. The van der Waals surface area contributed by atoms with E-state index in [1.165, 1.54) is 5.56 Å². The predicted octanol–water partition coefficient (Wildman–Crippen LogP) is 3.56. The number of hydrogen-bond acceptors (Lipinski definition) is 1. The summed E-state index contributed by atoms with van der Waals surface area (Å²) in [4.78, 5) is 11.0. The van der Waals surface area contributed by atoms with Crippen LogP contribution in [0.3, 0.4) is 0 Å². The van der Waals surface area contributed by atoms with E-state index in [-0.39, 0.29) is 0 Å². The summed E-state index contributed by atoms with van der Waals surface area (Å²) in [5.41, 5.74) is 2.71. The fraction of sp³-hybridized carbons (Fsp3) is 0.400. The molecule has 0 aliphatic heterocycles. The number of carbonyl (C=O) groups is 1. The van der Waals surface area contributed by atoms with E-state index in [1.807, 2.05) is 6.07 Å². The van der Waals surface area contributed by atoms with Gasteiger partial charge in [-0.3, -0.25) is 0 Å². The number of benzene rings is 1. The van der Waals surface area contributed by atoms with E-state index >= 15 is 0 Å². The molecule has 0 saturated heterocycles. The minimum atomic E-state index is -0.865. The molecule has 0 amide bonds. The number of aryl methyl sites for hydroxylation is 1. The molecule has 0 radical (unpaired) electrons. The SMILES string of the molecule is CCc1cn(CC(C)C)c2ccc(C(=O)O)cc12. The molecular formula is C15H19NO2. The minimum Gasteiger partial charge on any atom is -0.478 e. The molecule has 0 fully saturated rings. The molecule has 0 bridgehead atoms. The molecule has 1 heterocycles. The molecule has 3 heteroatoms. The lowest BCUT2D eigenvalue weighted by atomic mass is 10.1. The van der Waals surface area contributed by atoms with Crippen LogP contribution in [0.25, 0.3) is 10.9 Å². The van der Waals surface area contributed by atoms with Crippen LogP contribution >= 0.6 is 0 Å². The van der Waals surface area contributed by atoms with E-state index < -0.39 is 5.97 Å². The maximum absolute atomic E-state index is 11.0. The van der Waals surface area contributed by atoms with Crippen LogP contribution in [0.4, 0.5) is 0 Å². The van der Waals surface area contributed by atoms with Crippen LogP contribution in [0, 0.1) is 5.92 Å². The monoisotopic (exact) mass is 245 g/mol. The number of nitrogens with zero attached hydrogens (tertiary/aromatic N) is 1. The van der Waals surface area contributed by atoms with Crippen LogP contribution in [0.15, 0.2) is 24.4 Å². The molecule has 0 unspecified atom stereocenters. The fourth-order valence-electron chi connectivity index (χ4n) is 2.33. The van der Waals surface area contributed by atoms with Gasteiger partial charge < -0.3 is 9.67 Å². The zero-order valence-corrected chi connectivity index (χ0v) is 11.1. The van der Waals surface area contributed by atoms with E-state index in [9.17, 15) is 4.79 Å². The first-order valence-electron chi connectivity index (χ1n) is 6.38. The van der Waals surface area contributed by atoms with E-state index in [2.05, 4.69) is 31.5 Å². The Bertz CT molecular complexity index is 581. The van der Waals surface area contributed by atoms with Crippen molar-refractivity contribution in [3.8, 4) is 0 Å². The Morgan fingerprint density at radius 1 is 1.39 bits per heavy atom. The number of hydrogen-bond donors (Lipinski definition) is 1. The van der Waals surface area contributed by atoms with Crippen molar-refractivity contribution in [1.82, 2.24) is 4.57 Å². The quantitative estimate of drug-likeness (QED) is 0.895. The molecule has 2 rings (SSSR count). The summed E-state index contributed by atoms with van der Waals surface area (Å²) in [5.74, 6) is -0.292. The largest absolute Gasteiger partial charge is 0.478 e. The highest BCUT2D eigenvalue weighted by atomic mass is 16.4. The molecule has 1 aromatic carbocycles. The first kappa shape index (κ1) is 12.7. The molecule has 0 aliphatic rings. The second kappa shape index (κ2) is 4.84. The van der Waals surface area contributed by atoms with Crippen LogP contribution in [-0.2, 0) is 13.0 Å². The maximum atomic E-state index is 11.0. The van der Waals surface area contributed by atoms with Gasteiger partial charge in [-0.05, 0) is 36.1 Å². The van der Waals surface area contributed by atoms with Crippen molar-refractivity contribution in [2.75, 3.05) is 0 Å². The molecule has 0 atom stereocenters. The first-order valence-corrected chi connectivity index (χ1v) is 6.38. The van der Waals surface area contributed by atoms with Gasteiger partial charge in [-0.25, -0.2) is 4.79 Å². The molecular weight excluding hydrogens is 226 g/mol. The highest BCUT2D eigenvalue weighted by Crippen LogP contribution is 2.24. The van der Waals surface area contributed by atoms with Crippen LogP contribution < -0.4 is 0 Å². The summed E-state index contributed by atoms with van der Waals surface area (Å²) in [6, 6.07) is 5.38. The zero-order chi connectivity index (χ0) is 13.3. The van der Waals surface area contributed by atoms with Crippen LogP contribution in [0.5, 0.6) is 0 Å². The number of rotatable bonds is 4. The van der Waals surface area contributed by atoms with Crippen LogP contribution in [0.2, 0.25) is 0 Å². The van der Waals surface area contributed by atoms with E-state index in [0.29, 0.717) is 11.5 Å². The summed E-state index contributed by atoms with van der Waals surface area (Å²) in [6.45, 7) is 7.43. The summed E-state index contributed by atoms with van der Waals surface area (Å²) in [7, 11) is 0. The molecule has 18 heavy (non-hydrogen) atoms. The maximum Gasteiger partial charge on any atom is 0.335 e. The van der Waals surface area contributed by atoms with Crippen molar-refractivity contribution in [2.24, 2.45) is 5.92 Å². The molecule has 0 saturated carbocycles. The van der Waals surface area contributed by atoms with E-state index in [1.54, 1.807) is 12.1 Å². The summed E-state index contributed by atoms with van der Waals surface area (Å²) in [5, 5.41) is 10.1. The molecule has 0 aliphatic carbocycles. The first-order chi connectivity index (χ1) is 8.52. The van der Waals surface area contributed by atoms with Gasteiger partial charge in [0.25, 0.3) is 0 Å². The van der Waals surface area contributed by atoms with Crippen LogP contribution in [0.1, 0.15) is 36.7 Å². The van der Waals surface area contributed by atoms with E-state index in [0.717, 1.165) is 23.9 Å². The van der Waals surface area contributed by atoms with Crippen molar-refractivity contribution in [3.63, 3.8) is 0 Å². The van der Waals surface area contributed by atoms with Crippen LogP contribution in [-0.4, -0.2) is 15.6 Å². The van der Waals surface area contributed by atoms with Gasteiger partial charge in [-0.1, -0.05) is 20.8 Å². The Morgan fingerprint density at radius 2 is 2.11 bits per heavy atom. The average Bonchev–Trinajstić information content (AvgIpc) is 2.66. The van der Waals surface area contributed by atoms with Gasteiger partial charge in [0, 0.05) is 23.6 Å². The Kier molecular flexibility index (Phi) is 3.41. The second-order valence-electron chi connectivity index (χ2n) is 5.09. The molecule has 1 N–H and O–H groups in total. The summed E-state index contributed by atoms with van der Waals surface area (Å²) >= 11 is 0. The van der Waals surface area contributed by atoms with Crippen molar-refractivity contribution in [3.05, 3.63) is 35.5 Å². The Balaban J connectivity index is 2.59. The zero-order valence-electron chi connectivity index (χ0n) is 11.1. The molecule has 0 spiro atoms. The third-order valence-electron chi connectivity index (χ3n) is 3.15. The molecule has 96 valence electrons. The lowest BCUT2D eigenvalue weighted by Crippen LogP contribution is -2.03. The summed E-state index contributed by atoms with van der Waals surface area (Å²) in [6.07, 6.45) is 3.07. The smallest absolute Gasteiger partial charge is 0.335 e. The van der Waals surface area contributed by atoms with E-state index in [4.69, 9.17) is 5.11 Å². The van der Waals surface area contributed by atoms with Crippen molar-refractivity contribution < 1.29 is 9.90 Å². The highest BCUT2D eigenvalue weighted by Gasteiger charge is 2.11.